The lowest BCUT2D eigenvalue weighted by atomic mass is 10.3. The molecule has 0 saturated heterocycles. The molecule has 0 bridgehead atoms. The zero-order chi connectivity index (χ0) is 11.3. The van der Waals surface area contributed by atoms with Crippen LogP contribution in [0.4, 0.5) is 5.69 Å². The van der Waals surface area contributed by atoms with Crippen molar-refractivity contribution in [1.29, 1.82) is 0 Å². The van der Waals surface area contributed by atoms with Gasteiger partial charge in [-0.3, -0.25) is 4.79 Å². The van der Waals surface area contributed by atoms with Gasteiger partial charge in [-0.15, -0.1) is 11.8 Å². The van der Waals surface area contributed by atoms with Gasteiger partial charge in [-0.05, 0) is 36.9 Å². The minimum absolute atomic E-state index is 0.185. The van der Waals surface area contributed by atoms with Crippen molar-refractivity contribution in [2.24, 2.45) is 0 Å². The van der Waals surface area contributed by atoms with Crippen LogP contribution in [-0.2, 0) is 4.79 Å². The molecule has 1 rings (SSSR count). The molecule has 15 heavy (non-hydrogen) atoms. The van der Waals surface area contributed by atoms with E-state index >= 15 is 0 Å². The van der Waals surface area contributed by atoms with Crippen LogP contribution in [-0.4, -0.2) is 25.1 Å². The molecule has 0 fully saturated rings. The Kier molecular flexibility index (Phi) is 4.69. The van der Waals surface area contributed by atoms with Crippen molar-refractivity contribution in [3.8, 4) is 0 Å². The number of hydrogen-bond acceptors (Lipinski definition) is 3. The molecule has 0 amide bonds. The standard InChI is InChI=1S/C12H17NOS/c1-4-15-12-7-5-11(6-8-12)13(3)9-10(2)14/h5-8H,4,9H2,1-3H3. The van der Waals surface area contributed by atoms with Gasteiger partial charge < -0.3 is 4.90 Å². The van der Waals surface area contributed by atoms with E-state index < -0.39 is 0 Å². The number of rotatable bonds is 5. The Bertz CT molecular complexity index is 321. The Balaban J connectivity index is 2.66. The Morgan fingerprint density at radius 1 is 1.33 bits per heavy atom. The number of anilines is 1. The van der Waals surface area contributed by atoms with E-state index in [-0.39, 0.29) is 5.78 Å². The SMILES string of the molecule is CCSc1ccc(N(C)CC(C)=O)cc1. The van der Waals surface area contributed by atoms with E-state index in [1.807, 2.05) is 23.7 Å². The molecule has 0 saturated carbocycles. The second-order valence-electron chi connectivity index (χ2n) is 3.48. The molecule has 0 aliphatic carbocycles. The lowest BCUT2D eigenvalue weighted by molar-refractivity contribution is -0.115. The fourth-order valence-corrected chi connectivity index (χ4v) is 2.05. The number of ketones is 1. The molecule has 1 aromatic carbocycles. The number of hydrogen-bond donors (Lipinski definition) is 0. The highest BCUT2D eigenvalue weighted by Crippen LogP contribution is 2.21. The molecule has 0 atom stereocenters. The van der Waals surface area contributed by atoms with Gasteiger partial charge in [0.25, 0.3) is 0 Å². The molecule has 0 heterocycles. The van der Waals surface area contributed by atoms with Crippen molar-refractivity contribution >= 4 is 23.2 Å². The molecule has 0 spiro atoms. The summed E-state index contributed by atoms with van der Waals surface area (Å²) >= 11 is 1.82. The maximum Gasteiger partial charge on any atom is 0.149 e. The van der Waals surface area contributed by atoms with Crippen LogP contribution in [0.2, 0.25) is 0 Å². The van der Waals surface area contributed by atoms with Gasteiger partial charge in [-0.25, -0.2) is 0 Å². The number of nitrogens with zero attached hydrogens (tertiary/aromatic N) is 1. The van der Waals surface area contributed by atoms with E-state index in [2.05, 4.69) is 31.2 Å². The highest BCUT2D eigenvalue weighted by Gasteiger charge is 2.02. The van der Waals surface area contributed by atoms with E-state index in [1.54, 1.807) is 6.92 Å². The summed E-state index contributed by atoms with van der Waals surface area (Å²) in [7, 11) is 1.93. The van der Waals surface area contributed by atoms with E-state index in [9.17, 15) is 4.79 Å². The van der Waals surface area contributed by atoms with Gasteiger partial charge in [-0.1, -0.05) is 6.92 Å². The quantitative estimate of drug-likeness (QED) is 0.716. The fourth-order valence-electron chi connectivity index (χ4n) is 1.39. The van der Waals surface area contributed by atoms with Crippen LogP contribution in [0.1, 0.15) is 13.8 Å². The Labute approximate surface area is 95.7 Å². The number of thioether (sulfide) groups is 1. The predicted molar refractivity (Wildman–Crippen MR) is 66.8 cm³/mol. The summed E-state index contributed by atoms with van der Waals surface area (Å²) < 4.78 is 0. The lowest BCUT2D eigenvalue weighted by Gasteiger charge is -2.17. The van der Waals surface area contributed by atoms with Crippen LogP contribution in [0.3, 0.4) is 0 Å². The summed E-state index contributed by atoms with van der Waals surface area (Å²) in [6.07, 6.45) is 0. The van der Waals surface area contributed by atoms with Crippen molar-refractivity contribution in [3.63, 3.8) is 0 Å². The van der Waals surface area contributed by atoms with Gasteiger partial charge in [0.1, 0.15) is 5.78 Å². The first-order valence-electron chi connectivity index (χ1n) is 5.07. The van der Waals surface area contributed by atoms with Crippen molar-refractivity contribution in [2.45, 2.75) is 18.7 Å². The van der Waals surface area contributed by atoms with Crippen molar-refractivity contribution < 1.29 is 4.79 Å². The zero-order valence-electron chi connectivity index (χ0n) is 9.49. The van der Waals surface area contributed by atoms with E-state index in [0.29, 0.717) is 6.54 Å². The molecule has 0 radical (unpaired) electrons. The summed E-state index contributed by atoms with van der Waals surface area (Å²) in [6.45, 7) is 4.22. The third-order valence-electron chi connectivity index (χ3n) is 2.05. The van der Waals surface area contributed by atoms with Crippen molar-refractivity contribution in [1.82, 2.24) is 0 Å². The highest BCUT2D eigenvalue weighted by atomic mass is 32.2. The van der Waals surface area contributed by atoms with Crippen LogP contribution in [0.15, 0.2) is 29.2 Å². The smallest absolute Gasteiger partial charge is 0.149 e. The molecule has 3 heteroatoms. The second-order valence-corrected chi connectivity index (χ2v) is 4.82. The second kappa shape index (κ2) is 5.81. The number of Topliss-reactive ketones (excluding diaryl/α,β-unsaturated/α-hetero) is 1. The minimum atomic E-state index is 0.185. The number of carbonyl (C=O) groups excluding carboxylic acids is 1. The van der Waals surface area contributed by atoms with Crippen molar-refractivity contribution in [3.05, 3.63) is 24.3 Å². The Hall–Kier alpha value is -0.960. The summed E-state index contributed by atoms with van der Waals surface area (Å²) in [5, 5.41) is 0. The minimum Gasteiger partial charge on any atom is -0.367 e. The van der Waals surface area contributed by atoms with Gasteiger partial charge in [0, 0.05) is 17.6 Å². The third kappa shape index (κ3) is 3.96. The molecule has 0 N–H and O–H groups in total. The number of carbonyl (C=O) groups is 1. The Morgan fingerprint density at radius 2 is 1.93 bits per heavy atom. The third-order valence-corrected chi connectivity index (χ3v) is 2.94. The van der Waals surface area contributed by atoms with Crippen molar-refractivity contribution in [2.75, 3.05) is 24.2 Å². The van der Waals surface area contributed by atoms with Gasteiger partial charge in [0.15, 0.2) is 0 Å². The monoisotopic (exact) mass is 223 g/mol. The maximum atomic E-state index is 11.0. The van der Waals surface area contributed by atoms with Crippen LogP contribution in [0.25, 0.3) is 0 Å². The first kappa shape index (κ1) is 12.1. The largest absolute Gasteiger partial charge is 0.367 e. The molecule has 0 aliphatic heterocycles. The van der Waals surface area contributed by atoms with Crippen LogP contribution < -0.4 is 4.90 Å². The Morgan fingerprint density at radius 3 is 2.40 bits per heavy atom. The normalized spacial score (nSPS) is 10.1. The average Bonchev–Trinajstić information content (AvgIpc) is 2.18. The van der Waals surface area contributed by atoms with Crippen LogP contribution in [0.5, 0.6) is 0 Å². The lowest BCUT2D eigenvalue weighted by Crippen LogP contribution is -2.23. The fraction of sp³-hybridized carbons (Fsp3) is 0.417. The maximum absolute atomic E-state index is 11.0. The molecule has 2 nitrogen and oxygen atoms in total. The van der Waals surface area contributed by atoms with Crippen LogP contribution in [0, 0.1) is 0 Å². The molecule has 82 valence electrons. The average molecular weight is 223 g/mol. The first-order chi connectivity index (χ1) is 7.13. The molecule has 0 unspecified atom stereocenters. The van der Waals surface area contributed by atoms with Gasteiger partial charge in [-0.2, -0.15) is 0 Å². The molecule has 0 aromatic heterocycles. The number of likely N-dealkylation sites (N-methyl/N-ethyl adjacent to an activating group) is 1. The first-order valence-corrected chi connectivity index (χ1v) is 6.05. The van der Waals surface area contributed by atoms with Gasteiger partial charge >= 0.3 is 0 Å². The predicted octanol–water partition coefficient (Wildman–Crippen LogP) is 2.82. The summed E-state index contributed by atoms with van der Waals surface area (Å²) in [5.74, 6) is 1.27. The highest BCUT2D eigenvalue weighted by molar-refractivity contribution is 7.99. The summed E-state index contributed by atoms with van der Waals surface area (Å²) in [4.78, 5) is 14.2. The number of benzene rings is 1. The van der Waals surface area contributed by atoms with E-state index in [1.165, 1.54) is 4.90 Å². The molecule has 0 aliphatic rings. The van der Waals surface area contributed by atoms with Gasteiger partial charge in [0.2, 0.25) is 0 Å². The molecular weight excluding hydrogens is 206 g/mol. The van der Waals surface area contributed by atoms with Gasteiger partial charge in [0.05, 0.1) is 6.54 Å². The summed E-state index contributed by atoms with van der Waals surface area (Å²) in [6, 6.07) is 8.31. The van der Waals surface area contributed by atoms with E-state index in [0.717, 1.165) is 11.4 Å². The van der Waals surface area contributed by atoms with Crippen LogP contribution >= 0.6 is 11.8 Å². The topological polar surface area (TPSA) is 20.3 Å². The summed E-state index contributed by atoms with van der Waals surface area (Å²) in [5.41, 5.74) is 1.09. The molecule has 1 aromatic rings. The zero-order valence-corrected chi connectivity index (χ0v) is 10.3. The molecular formula is C12H17NOS. The van der Waals surface area contributed by atoms with E-state index in [4.69, 9.17) is 0 Å².